The molecule has 3 nitrogen and oxygen atoms in total. The molecule has 3 saturated carbocycles. The molecule has 1 amide bonds. The Labute approximate surface area is 124 Å². The Morgan fingerprint density at radius 1 is 1.24 bits per heavy atom. The molecule has 0 heterocycles. The van der Waals surface area contributed by atoms with Crippen LogP contribution < -0.4 is 5.32 Å². The molecule has 4 atom stereocenters. The number of carbonyl (C=O) groups is 1. The number of anilines is 1. The molecular formula is C18H19NO2. The predicted molar refractivity (Wildman–Crippen MR) is 80.3 cm³/mol. The quantitative estimate of drug-likeness (QED) is 0.817. The Morgan fingerprint density at radius 2 is 1.95 bits per heavy atom. The van der Waals surface area contributed by atoms with Crippen molar-refractivity contribution in [2.45, 2.75) is 19.3 Å². The van der Waals surface area contributed by atoms with Crippen molar-refractivity contribution in [1.29, 1.82) is 0 Å². The van der Waals surface area contributed by atoms with Crippen molar-refractivity contribution < 1.29 is 9.90 Å². The predicted octanol–water partition coefficient (Wildman–Crippen LogP) is 2.26. The average Bonchev–Trinajstić information content (AvgIpc) is 2.95. The lowest BCUT2D eigenvalue weighted by molar-refractivity contribution is -0.118. The van der Waals surface area contributed by atoms with Crippen LogP contribution in [-0.2, 0) is 4.79 Å². The molecule has 3 aliphatic rings. The number of carbonyl (C=O) groups excluding carboxylic acids is 1. The third-order valence-corrected chi connectivity index (χ3v) is 5.53. The molecule has 4 rings (SSSR count). The second-order valence-electron chi connectivity index (χ2n) is 6.51. The van der Waals surface area contributed by atoms with Gasteiger partial charge in [-0.05, 0) is 55.1 Å². The van der Waals surface area contributed by atoms with Crippen LogP contribution in [0.2, 0.25) is 0 Å². The number of para-hydroxylation sites is 1. The molecule has 3 heteroatoms. The van der Waals surface area contributed by atoms with E-state index in [1.54, 1.807) is 0 Å². The van der Waals surface area contributed by atoms with Gasteiger partial charge in [0.05, 0.1) is 5.69 Å². The Kier molecular flexibility index (Phi) is 3.01. The number of hydrogen-bond donors (Lipinski definition) is 2. The zero-order chi connectivity index (χ0) is 14.4. The van der Waals surface area contributed by atoms with Crippen LogP contribution in [0.1, 0.15) is 24.8 Å². The lowest BCUT2D eigenvalue weighted by atomic mass is 10.0. The van der Waals surface area contributed by atoms with Crippen LogP contribution in [0.25, 0.3) is 0 Å². The summed E-state index contributed by atoms with van der Waals surface area (Å²) in [4.78, 5) is 12.5. The van der Waals surface area contributed by atoms with Gasteiger partial charge in [-0.1, -0.05) is 24.0 Å². The van der Waals surface area contributed by atoms with Crippen molar-refractivity contribution in [2.24, 2.45) is 29.6 Å². The normalized spacial score (nSPS) is 34.8. The highest BCUT2D eigenvalue weighted by Crippen LogP contribution is 2.69. The largest absolute Gasteiger partial charge is 0.384 e. The molecular weight excluding hydrogens is 262 g/mol. The zero-order valence-corrected chi connectivity index (χ0v) is 11.9. The molecule has 3 aliphatic carbocycles. The maximum absolute atomic E-state index is 12.5. The summed E-state index contributed by atoms with van der Waals surface area (Å²) in [6, 6.07) is 7.54. The molecule has 0 aliphatic heterocycles. The molecule has 0 saturated heterocycles. The van der Waals surface area contributed by atoms with E-state index in [-0.39, 0.29) is 18.4 Å². The van der Waals surface area contributed by atoms with Gasteiger partial charge in [-0.2, -0.15) is 0 Å². The van der Waals surface area contributed by atoms with Gasteiger partial charge in [-0.15, -0.1) is 0 Å². The molecule has 108 valence electrons. The van der Waals surface area contributed by atoms with Gasteiger partial charge >= 0.3 is 0 Å². The fraction of sp³-hybridized carbons (Fsp3) is 0.500. The van der Waals surface area contributed by atoms with Crippen LogP contribution in [-0.4, -0.2) is 17.6 Å². The SMILES string of the molecule is O=C(Nc1ccccc1C#CCO)C1C2C3CCC(C3)C12. The first-order chi connectivity index (χ1) is 10.3. The first-order valence-electron chi connectivity index (χ1n) is 7.79. The monoisotopic (exact) mass is 281 g/mol. The highest BCUT2D eigenvalue weighted by molar-refractivity contribution is 5.96. The minimum Gasteiger partial charge on any atom is -0.384 e. The van der Waals surface area contributed by atoms with Crippen LogP contribution in [0.3, 0.4) is 0 Å². The summed E-state index contributed by atoms with van der Waals surface area (Å²) >= 11 is 0. The highest BCUT2D eigenvalue weighted by atomic mass is 16.2. The second-order valence-corrected chi connectivity index (χ2v) is 6.51. The summed E-state index contributed by atoms with van der Waals surface area (Å²) in [5.41, 5.74) is 1.54. The number of aliphatic hydroxyl groups is 1. The van der Waals surface area contributed by atoms with Crippen molar-refractivity contribution in [2.75, 3.05) is 11.9 Å². The minimum atomic E-state index is -0.168. The third-order valence-electron chi connectivity index (χ3n) is 5.53. The van der Waals surface area contributed by atoms with Gasteiger partial charge in [0.15, 0.2) is 0 Å². The van der Waals surface area contributed by atoms with E-state index in [1.165, 1.54) is 19.3 Å². The maximum atomic E-state index is 12.5. The molecule has 0 spiro atoms. The van der Waals surface area contributed by atoms with Crippen molar-refractivity contribution >= 4 is 11.6 Å². The van der Waals surface area contributed by atoms with E-state index < -0.39 is 0 Å². The lowest BCUT2D eigenvalue weighted by Gasteiger charge is -2.11. The molecule has 0 radical (unpaired) electrons. The summed E-state index contributed by atoms with van der Waals surface area (Å²) in [6.07, 6.45) is 4.01. The third kappa shape index (κ3) is 2.06. The summed E-state index contributed by atoms with van der Waals surface area (Å²) in [5.74, 6) is 8.85. The number of benzene rings is 1. The lowest BCUT2D eigenvalue weighted by Crippen LogP contribution is -2.19. The van der Waals surface area contributed by atoms with Crippen molar-refractivity contribution in [3.05, 3.63) is 29.8 Å². The number of hydrogen-bond acceptors (Lipinski definition) is 2. The fourth-order valence-electron chi connectivity index (χ4n) is 4.73. The first-order valence-corrected chi connectivity index (χ1v) is 7.79. The molecule has 1 aromatic rings. The van der Waals surface area contributed by atoms with E-state index in [0.29, 0.717) is 11.8 Å². The van der Waals surface area contributed by atoms with Crippen LogP contribution in [0, 0.1) is 41.4 Å². The molecule has 0 aromatic heterocycles. The standard InChI is InChI=1S/C18H19NO2/c20-9-3-5-11-4-1-2-6-14(11)19-18(21)17-15-12-7-8-13(10-12)16(15)17/h1-2,4,6,12-13,15-17,20H,7-10H2,(H,19,21). The Balaban J connectivity index is 1.49. The number of amides is 1. The second kappa shape index (κ2) is 4.89. The Bertz CT molecular complexity index is 626. The number of fused-ring (bicyclic) bond motifs is 5. The minimum absolute atomic E-state index is 0.167. The maximum Gasteiger partial charge on any atom is 0.228 e. The molecule has 2 N–H and O–H groups in total. The van der Waals surface area contributed by atoms with E-state index in [9.17, 15) is 4.79 Å². The van der Waals surface area contributed by atoms with Gasteiger partial charge in [0.2, 0.25) is 5.91 Å². The molecule has 2 bridgehead atoms. The van der Waals surface area contributed by atoms with Gasteiger partial charge in [0.25, 0.3) is 0 Å². The van der Waals surface area contributed by atoms with E-state index in [4.69, 9.17) is 5.11 Å². The molecule has 4 unspecified atom stereocenters. The van der Waals surface area contributed by atoms with Gasteiger partial charge in [-0.3, -0.25) is 4.79 Å². The fourth-order valence-corrected chi connectivity index (χ4v) is 4.73. The highest BCUT2D eigenvalue weighted by Gasteiger charge is 2.67. The average molecular weight is 281 g/mol. The van der Waals surface area contributed by atoms with E-state index in [0.717, 1.165) is 23.1 Å². The van der Waals surface area contributed by atoms with Gasteiger partial charge in [0, 0.05) is 11.5 Å². The zero-order valence-electron chi connectivity index (χ0n) is 11.9. The van der Waals surface area contributed by atoms with Crippen molar-refractivity contribution in [3.63, 3.8) is 0 Å². The number of aliphatic hydroxyl groups excluding tert-OH is 1. The van der Waals surface area contributed by atoms with Gasteiger partial charge in [0.1, 0.15) is 6.61 Å². The first kappa shape index (κ1) is 12.9. The van der Waals surface area contributed by atoms with Crippen LogP contribution >= 0.6 is 0 Å². The summed E-state index contributed by atoms with van der Waals surface area (Å²) in [7, 11) is 0. The van der Waals surface area contributed by atoms with Crippen LogP contribution in [0.15, 0.2) is 24.3 Å². The van der Waals surface area contributed by atoms with E-state index in [2.05, 4.69) is 17.2 Å². The van der Waals surface area contributed by atoms with E-state index >= 15 is 0 Å². The summed E-state index contributed by atoms with van der Waals surface area (Å²) in [5, 5.41) is 11.9. The number of nitrogens with one attached hydrogen (secondary N) is 1. The molecule has 3 fully saturated rings. The molecule has 21 heavy (non-hydrogen) atoms. The Hall–Kier alpha value is -1.79. The van der Waals surface area contributed by atoms with Crippen LogP contribution in [0.4, 0.5) is 5.69 Å². The topological polar surface area (TPSA) is 49.3 Å². The Morgan fingerprint density at radius 3 is 2.67 bits per heavy atom. The smallest absolute Gasteiger partial charge is 0.228 e. The van der Waals surface area contributed by atoms with Crippen molar-refractivity contribution in [1.82, 2.24) is 0 Å². The summed E-state index contributed by atoms with van der Waals surface area (Å²) in [6.45, 7) is -0.168. The van der Waals surface area contributed by atoms with Crippen molar-refractivity contribution in [3.8, 4) is 11.8 Å². The summed E-state index contributed by atoms with van der Waals surface area (Å²) < 4.78 is 0. The van der Waals surface area contributed by atoms with Gasteiger partial charge in [-0.25, -0.2) is 0 Å². The van der Waals surface area contributed by atoms with Crippen LogP contribution in [0.5, 0.6) is 0 Å². The van der Waals surface area contributed by atoms with Gasteiger partial charge < -0.3 is 10.4 Å². The number of rotatable bonds is 2. The van der Waals surface area contributed by atoms with E-state index in [1.807, 2.05) is 24.3 Å². The molecule has 1 aromatic carbocycles.